The van der Waals surface area contributed by atoms with E-state index in [-0.39, 0.29) is 0 Å². The number of thioether (sulfide) groups is 1. The lowest BCUT2D eigenvalue weighted by Gasteiger charge is -2.09. The SMILES string of the molecule is [C-]#[N+]c1c(-c2ccc(-c3ccccc3)cc2)c(C(=O)OCC)n(C)c1SC. The highest BCUT2D eigenvalue weighted by Crippen LogP contribution is 2.43. The quantitative estimate of drug-likeness (QED) is 0.320. The van der Waals surface area contributed by atoms with E-state index in [4.69, 9.17) is 11.3 Å². The predicted octanol–water partition coefficient (Wildman–Crippen LogP) is 5.81. The summed E-state index contributed by atoms with van der Waals surface area (Å²) in [6, 6.07) is 18.0. The largest absolute Gasteiger partial charge is 0.461 e. The number of carbonyl (C=O) groups is 1. The van der Waals surface area contributed by atoms with Gasteiger partial charge in [0.1, 0.15) is 5.69 Å². The first kappa shape index (κ1) is 18.8. The molecule has 1 heterocycles. The molecule has 1 aromatic heterocycles. The molecule has 0 radical (unpaired) electrons. The first-order chi connectivity index (χ1) is 13.1. The standard InChI is InChI=1S/C22H20N2O2S/c1-5-26-22(25)20-18(19(23-2)21(27-4)24(20)3)17-13-11-16(12-14-17)15-9-7-6-8-10-15/h6-14H,5H2,1,3-4H3. The molecule has 0 saturated heterocycles. The molecule has 0 amide bonds. The molecule has 0 aliphatic carbocycles. The molecule has 4 nitrogen and oxygen atoms in total. The molecule has 0 aliphatic rings. The third-order valence-corrected chi connectivity index (χ3v) is 5.22. The lowest BCUT2D eigenvalue weighted by molar-refractivity contribution is 0.0515. The number of esters is 1. The van der Waals surface area contributed by atoms with E-state index in [0.717, 1.165) is 21.7 Å². The van der Waals surface area contributed by atoms with Crippen LogP contribution in [0.15, 0.2) is 59.6 Å². The molecule has 0 N–H and O–H groups in total. The Bertz CT molecular complexity index is 1000. The first-order valence-corrected chi connectivity index (χ1v) is 9.81. The van der Waals surface area contributed by atoms with E-state index in [1.165, 1.54) is 11.8 Å². The minimum atomic E-state index is -0.410. The van der Waals surface area contributed by atoms with Crippen molar-refractivity contribution in [2.75, 3.05) is 12.9 Å². The molecule has 0 bridgehead atoms. The second-order valence-electron chi connectivity index (χ2n) is 5.92. The van der Waals surface area contributed by atoms with Gasteiger partial charge in [0.15, 0.2) is 0 Å². The summed E-state index contributed by atoms with van der Waals surface area (Å²) >= 11 is 1.45. The second-order valence-corrected chi connectivity index (χ2v) is 6.71. The molecule has 27 heavy (non-hydrogen) atoms. The minimum absolute atomic E-state index is 0.290. The van der Waals surface area contributed by atoms with Gasteiger partial charge < -0.3 is 9.30 Å². The van der Waals surface area contributed by atoms with Crippen LogP contribution in [0.4, 0.5) is 5.69 Å². The van der Waals surface area contributed by atoms with Gasteiger partial charge in [-0.05, 0) is 29.9 Å². The first-order valence-electron chi connectivity index (χ1n) is 8.59. The molecule has 5 heteroatoms. The predicted molar refractivity (Wildman–Crippen MR) is 110 cm³/mol. The van der Waals surface area contributed by atoms with Crippen molar-refractivity contribution in [2.45, 2.75) is 11.9 Å². The van der Waals surface area contributed by atoms with E-state index < -0.39 is 5.97 Å². The zero-order chi connectivity index (χ0) is 19.4. The number of hydrogen-bond acceptors (Lipinski definition) is 3. The van der Waals surface area contributed by atoms with Gasteiger partial charge in [-0.1, -0.05) is 54.6 Å². The van der Waals surface area contributed by atoms with Crippen LogP contribution in [0.3, 0.4) is 0 Å². The summed E-state index contributed by atoms with van der Waals surface area (Å²) in [6.45, 7) is 9.72. The Morgan fingerprint density at radius 3 is 2.22 bits per heavy atom. The van der Waals surface area contributed by atoms with Crippen LogP contribution in [0.25, 0.3) is 27.1 Å². The normalized spacial score (nSPS) is 10.4. The van der Waals surface area contributed by atoms with E-state index >= 15 is 0 Å². The molecule has 3 rings (SSSR count). The summed E-state index contributed by atoms with van der Waals surface area (Å²) < 4.78 is 7.01. The van der Waals surface area contributed by atoms with Gasteiger partial charge in [0, 0.05) is 12.6 Å². The Morgan fingerprint density at radius 1 is 1.07 bits per heavy atom. The van der Waals surface area contributed by atoms with Crippen LogP contribution in [0.5, 0.6) is 0 Å². The lowest BCUT2D eigenvalue weighted by Crippen LogP contribution is -2.11. The van der Waals surface area contributed by atoms with Crippen molar-refractivity contribution in [3.05, 3.63) is 71.7 Å². The van der Waals surface area contributed by atoms with Crippen LogP contribution in [-0.2, 0) is 11.8 Å². The van der Waals surface area contributed by atoms with Gasteiger partial charge in [-0.3, -0.25) is 0 Å². The summed E-state index contributed by atoms with van der Waals surface area (Å²) in [5.41, 5.74) is 4.58. The zero-order valence-electron chi connectivity index (χ0n) is 15.5. The topological polar surface area (TPSA) is 35.6 Å². The molecule has 0 spiro atoms. The van der Waals surface area contributed by atoms with Crippen molar-refractivity contribution < 1.29 is 9.53 Å². The van der Waals surface area contributed by atoms with Crippen LogP contribution >= 0.6 is 11.8 Å². The molecule has 2 aromatic carbocycles. The van der Waals surface area contributed by atoms with E-state index in [9.17, 15) is 4.79 Å². The zero-order valence-corrected chi connectivity index (χ0v) is 16.3. The number of hydrogen-bond donors (Lipinski definition) is 0. The summed E-state index contributed by atoms with van der Waals surface area (Å²) in [5, 5.41) is 0.759. The Hall–Kier alpha value is -2.97. The fourth-order valence-electron chi connectivity index (χ4n) is 3.16. The third kappa shape index (κ3) is 3.49. The molecular weight excluding hydrogens is 356 g/mol. The van der Waals surface area contributed by atoms with Crippen molar-refractivity contribution in [2.24, 2.45) is 7.05 Å². The molecule has 136 valence electrons. The summed E-state index contributed by atoms with van der Waals surface area (Å²) in [7, 11) is 1.80. The maximum atomic E-state index is 12.6. The molecule has 0 aliphatic heterocycles. The summed E-state index contributed by atoms with van der Waals surface area (Å²) in [4.78, 5) is 16.3. The third-order valence-electron chi connectivity index (χ3n) is 4.37. The van der Waals surface area contributed by atoms with Crippen LogP contribution in [-0.4, -0.2) is 23.4 Å². The lowest BCUT2D eigenvalue weighted by atomic mass is 9.99. The van der Waals surface area contributed by atoms with Gasteiger partial charge in [0.2, 0.25) is 5.69 Å². The van der Waals surface area contributed by atoms with Crippen LogP contribution in [0, 0.1) is 6.57 Å². The van der Waals surface area contributed by atoms with Gasteiger partial charge >= 0.3 is 5.97 Å². The number of ether oxygens (including phenoxy) is 1. The Labute approximate surface area is 163 Å². The van der Waals surface area contributed by atoms with Crippen molar-refractivity contribution in [1.82, 2.24) is 4.57 Å². The van der Waals surface area contributed by atoms with Gasteiger partial charge in [-0.15, -0.1) is 11.8 Å². The summed E-state index contributed by atoms with van der Waals surface area (Å²) in [5.74, 6) is -0.410. The van der Waals surface area contributed by atoms with Crippen molar-refractivity contribution in [1.29, 1.82) is 0 Å². The van der Waals surface area contributed by atoms with Gasteiger partial charge in [-0.2, -0.15) is 0 Å². The second kappa shape index (κ2) is 8.15. The number of carbonyl (C=O) groups excluding carboxylic acids is 1. The van der Waals surface area contributed by atoms with Crippen LogP contribution < -0.4 is 0 Å². The van der Waals surface area contributed by atoms with E-state index in [2.05, 4.69) is 17.0 Å². The van der Waals surface area contributed by atoms with Crippen LogP contribution in [0.2, 0.25) is 0 Å². The Balaban J connectivity index is 2.15. The average Bonchev–Trinajstić information content (AvgIpc) is 3.00. The van der Waals surface area contributed by atoms with Gasteiger partial charge in [-0.25, -0.2) is 9.64 Å². The highest BCUT2D eigenvalue weighted by molar-refractivity contribution is 7.98. The van der Waals surface area contributed by atoms with Crippen molar-refractivity contribution in [3.8, 4) is 22.3 Å². The molecule has 0 unspecified atom stereocenters. The van der Waals surface area contributed by atoms with E-state index in [1.807, 2.05) is 48.7 Å². The van der Waals surface area contributed by atoms with E-state index in [0.29, 0.717) is 23.6 Å². The highest BCUT2D eigenvalue weighted by Gasteiger charge is 2.27. The minimum Gasteiger partial charge on any atom is -0.461 e. The molecule has 3 aromatic rings. The van der Waals surface area contributed by atoms with E-state index in [1.54, 1.807) is 18.5 Å². The fraction of sp³-hybridized carbons (Fsp3) is 0.182. The van der Waals surface area contributed by atoms with Crippen molar-refractivity contribution >= 4 is 23.4 Å². The number of benzene rings is 2. The molecular formula is C22H20N2O2S. The maximum Gasteiger partial charge on any atom is 0.354 e. The van der Waals surface area contributed by atoms with Gasteiger partial charge in [0.25, 0.3) is 0 Å². The maximum absolute atomic E-state index is 12.6. The Morgan fingerprint density at radius 2 is 1.67 bits per heavy atom. The average molecular weight is 376 g/mol. The number of nitrogens with zero attached hydrogens (tertiary/aromatic N) is 2. The Kier molecular flexibility index (Phi) is 5.68. The molecule has 0 fully saturated rings. The number of aromatic nitrogens is 1. The number of rotatable bonds is 5. The monoisotopic (exact) mass is 376 g/mol. The molecule has 0 saturated carbocycles. The van der Waals surface area contributed by atoms with Crippen molar-refractivity contribution in [3.63, 3.8) is 0 Å². The summed E-state index contributed by atoms with van der Waals surface area (Å²) in [6.07, 6.45) is 1.90. The fourth-order valence-corrected chi connectivity index (χ4v) is 3.86. The molecule has 0 atom stereocenters. The van der Waals surface area contributed by atoms with Crippen LogP contribution in [0.1, 0.15) is 17.4 Å². The smallest absolute Gasteiger partial charge is 0.354 e. The van der Waals surface area contributed by atoms with Gasteiger partial charge in [0.05, 0.1) is 18.2 Å². The highest BCUT2D eigenvalue weighted by atomic mass is 32.2.